The van der Waals surface area contributed by atoms with Crippen molar-refractivity contribution in [3.8, 4) is 0 Å². The Bertz CT molecular complexity index is 351. The third-order valence-electron chi connectivity index (χ3n) is 5.08. The van der Waals surface area contributed by atoms with Gasteiger partial charge in [0.25, 0.3) is 0 Å². The lowest BCUT2D eigenvalue weighted by Crippen LogP contribution is -2.36. The molecule has 29 heavy (non-hydrogen) atoms. The monoisotopic (exact) mass is 448 g/mol. The fourth-order valence-electron chi connectivity index (χ4n) is 3.22. The van der Waals surface area contributed by atoms with Gasteiger partial charge in [0.05, 0.1) is 0 Å². The molecule has 0 aromatic rings. The Labute approximate surface area is 178 Å². The van der Waals surface area contributed by atoms with Crippen LogP contribution in [0.5, 0.6) is 0 Å². The number of hydrogen-bond donors (Lipinski definition) is 0. The molecule has 1 nitrogen and oxygen atoms in total. The Morgan fingerprint density at radius 1 is 0.552 bits per heavy atom. The van der Waals surface area contributed by atoms with Gasteiger partial charge in [0.1, 0.15) is 0 Å². The van der Waals surface area contributed by atoms with Crippen molar-refractivity contribution in [1.82, 2.24) is 0 Å². The Kier molecular flexibility index (Phi) is 18.7. The molecule has 0 unspecified atom stereocenters. The summed E-state index contributed by atoms with van der Waals surface area (Å²) in [5.74, 6) is -3.36. The summed E-state index contributed by atoms with van der Waals surface area (Å²) in [6.45, 7) is 1.77. The first-order valence-electron chi connectivity index (χ1n) is 11.3. The summed E-state index contributed by atoms with van der Waals surface area (Å²) in [6.07, 6.45) is 10.9. The van der Waals surface area contributed by atoms with E-state index in [-0.39, 0.29) is 6.42 Å². The van der Waals surface area contributed by atoms with Crippen LogP contribution < -0.4 is 0 Å². The molecule has 0 aromatic heterocycles. The van der Waals surface area contributed by atoms with Gasteiger partial charge in [-0.15, -0.1) is 0 Å². The van der Waals surface area contributed by atoms with Gasteiger partial charge >= 0.3 is 12.1 Å². The minimum absolute atomic E-state index is 0.0589. The molecule has 0 aliphatic rings. The van der Waals surface area contributed by atoms with Gasteiger partial charge in [-0.25, -0.2) is 0 Å². The van der Waals surface area contributed by atoms with Crippen LogP contribution in [-0.2, 0) is 4.74 Å². The number of thioether (sulfide) groups is 1. The van der Waals surface area contributed by atoms with Crippen LogP contribution in [0.25, 0.3) is 0 Å². The normalized spacial score (nSPS) is 12.6. The van der Waals surface area contributed by atoms with Gasteiger partial charge in [0.2, 0.25) is 0 Å². The summed E-state index contributed by atoms with van der Waals surface area (Å²) < 4.78 is 67.1. The topological polar surface area (TPSA) is 9.23 Å². The van der Waals surface area contributed by atoms with Crippen molar-refractivity contribution in [3.05, 3.63) is 0 Å². The SMILES string of the molecule is CSCCCOCCCCCCCCCCCCCCCCC(F)(F)C(F)(F)F. The predicted octanol–water partition coefficient (Wildman–Crippen LogP) is 8.81. The zero-order valence-electron chi connectivity index (χ0n) is 18.1. The number of alkyl halides is 5. The van der Waals surface area contributed by atoms with Crippen molar-refractivity contribution in [3.63, 3.8) is 0 Å². The zero-order chi connectivity index (χ0) is 21.8. The molecule has 0 aliphatic heterocycles. The van der Waals surface area contributed by atoms with Crippen LogP contribution in [0.3, 0.4) is 0 Å². The first-order valence-corrected chi connectivity index (χ1v) is 12.7. The molecule has 0 atom stereocenters. The van der Waals surface area contributed by atoms with Crippen molar-refractivity contribution in [2.45, 2.75) is 115 Å². The molecule has 0 rings (SSSR count). The van der Waals surface area contributed by atoms with E-state index in [0.29, 0.717) is 6.42 Å². The Balaban J connectivity index is 3.17. The second-order valence-electron chi connectivity index (χ2n) is 7.86. The molecular weight excluding hydrogens is 407 g/mol. The third kappa shape index (κ3) is 18.4. The van der Waals surface area contributed by atoms with Crippen molar-refractivity contribution in [2.24, 2.45) is 0 Å². The Morgan fingerprint density at radius 2 is 0.931 bits per heavy atom. The summed E-state index contributed by atoms with van der Waals surface area (Å²) in [4.78, 5) is 0. The largest absolute Gasteiger partial charge is 0.453 e. The smallest absolute Gasteiger partial charge is 0.381 e. The van der Waals surface area contributed by atoms with E-state index in [1.54, 1.807) is 0 Å². The number of rotatable bonds is 21. The number of ether oxygens (including phenoxy) is 1. The molecule has 0 aliphatic carbocycles. The first-order chi connectivity index (χ1) is 13.8. The van der Waals surface area contributed by atoms with E-state index in [1.807, 2.05) is 11.8 Å². The molecule has 0 fully saturated rings. The average molecular weight is 449 g/mol. The predicted molar refractivity (Wildman–Crippen MR) is 114 cm³/mol. The van der Waals surface area contributed by atoms with Crippen LogP contribution in [0.15, 0.2) is 0 Å². The van der Waals surface area contributed by atoms with Gasteiger partial charge in [-0.05, 0) is 31.3 Å². The molecular formula is C22H41F5OS. The number of unbranched alkanes of at least 4 members (excludes halogenated alkanes) is 13. The van der Waals surface area contributed by atoms with E-state index in [9.17, 15) is 22.0 Å². The second kappa shape index (κ2) is 18.7. The van der Waals surface area contributed by atoms with Crippen LogP contribution in [-0.4, -0.2) is 37.3 Å². The van der Waals surface area contributed by atoms with E-state index in [2.05, 4.69) is 6.26 Å². The minimum Gasteiger partial charge on any atom is -0.381 e. The van der Waals surface area contributed by atoms with Crippen LogP contribution in [0, 0.1) is 0 Å². The van der Waals surface area contributed by atoms with Gasteiger partial charge < -0.3 is 4.74 Å². The van der Waals surface area contributed by atoms with Crippen molar-refractivity contribution in [1.29, 1.82) is 0 Å². The lowest BCUT2D eigenvalue weighted by atomic mass is 10.0. The standard InChI is InChI=1S/C22H41F5OS/c1-29-20-16-19-28-18-15-13-11-9-7-5-3-2-4-6-8-10-12-14-17-21(23,24)22(25,26)27/h2-20H2,1H3. The highest BCUT2D eigenvalue weighted by Crippen LogP contribution is 2.39. The summed E-state index contributed by atoms with van der Waals surface area (Å²) in [7, 11) is 0. The molecule has 0 heterocycles. The first kappa shape index (κ1) is 29.0. The zero-order valence-corrected chi connectivity index (χ0v) is 19.0. The van der Waals surface area contributed by atoms with Gasteiger partial charge in [0, 0.05) is 19.6 Å². The van der Waals surface area contributed by atoms with Gasteiger partial charge in [-0.1, -0.05) is 77.0 Å². The van der Waals surface area contributed by atoms with Crippen LogP contribution in [0.1, 0.15) is 103 Å². The summed E-state index contributed by atoms with van der Waals surface area (Å²) >= 11 is 1.86. The second-order valence-corrected chi connectivity index (χ2v) is 8.85. The third-order valence-corrected chi connectivity index (χ3v) is 5.78. The van der Waals surface area contributed by atoms with Crippen molar-refractivity contribution < 1.29 is 26.7 Å². The highest BCUT2D eigenvalue weighted by atomic mass is 32.2. The fourth-order valence-corrected chi connectivity index (χ4v) is 3.63. The van der Waals surface area contributed by atoms with Crippen LogP contribution >= 0.6 is 11.8 Å². The molecule has 176 valence electrons. The lowest BCUT2D eigenvalue weighted by molar-refractivity contribution is -0.284. The molecule has 0 bridgehead atoms. The van der Waals surface area contributed by atoms with Crippen molar-refractivity contribution >= 4 is 11.8 Å². The number of hydrogen-bond acceptors (Lipinski definition) is 2. The molecule has 0 aromatic carbocycles. The molecule has 7 heteroatoms. The Hall–Kier alpha value is -0.0400. The maximum absolute atomic E-state index is 12.7. The maximum atomic E-state index is 12.7. The summed E-state index contributed by atoms with van der Waals surface area (Å²) in [5, 5.41) is 0. The van der Waals surface area contributed by atoms with Crippen molar-refractivity contribution in [2.75, 3.05) is 25.2 Å². The molecule has 0 amide bonds. The molecule has 0 spiro atoms. The molecule has 0 radical (unpaired) electrons. The lowest BCUT2D eigenvalue weighted by Gasteiger charge is -2.19. The Morgan fingerprint density at radius 3 is 1.34 bits per heavy atom. The van der Waals surface area contributed by atoms with Crippen LogP contribution in [0.4, 0.5) is 22.0 Å². The van der Waals surface area contributed by atoms with E-state index in [1.165, 1.54) is 50.7 Å². The summed E-state index contributed by atoms with van der Waals surface area (Å²) in [6, 6.07) is 0. The highest BCUT2D eigenvalue weighted by Gasteiger charge is 2.56. The van der Waals surface area contributed by atoms with E-state index >= 15 is 0 Å². The quantitative estimate of drug-likeness (QED) is 0.128. The highest BCUT2D eigenvalue weighted by molar-refractivity contribution is 7.98. The van der Waals surface area contributed by atoms with Gasteiger partial charge in [-0.2, -0.15) is 33.7 Å². The molecule has 0 saturated carbocycles. The average Bonchev–Trinajstić information content (AvgIpc) is 2.65. The van der Waals surface area contributed by atoms with E-state index < -0.39 is 18.5 Å². The maximum Gasteiger partial charge on any atom is 0.453 e. The minimum atomic E-state index is -5.41. The summed E-state index contributed by atoms with van der Waals surface area (Å²) in [5.41, 5.74) is 0. The van der Waals surface area contributed by atoms with Gasteiger partial charge in [0.15, 0.2) is 0 Å². The molecule has 0 saturated heterocycles. The van der Waals surface area contributed by atoms with E-state index in [0.717, 1.165) is 51.7 Å². The van der Waals surface area contributed by atoms with Gasteiger partial charge in [-0.3, -0.25) is 0 Å². The number of halogens is 5. The molecule has 0 N–H and O–H groups in total. The fraction of sp³-hybridized carbons (Fsp3) is 1.00. The van der Waals surface area contributed by atoms with E-state index in [4.69, 9.17) is 4.74 Å². The van der Waals surface area contributed by atoms with Crippen LogP contribution in [0.2, 0.25) is 0 Å².